The summed E-state index contributed by atoms with van der Waals surface area (Å²) < 4.78 is 5.65. The zero-order valence-electron chi connectivity index (χ0n) is 18.1. The van der Waals surface area contributed by atoms with E-state index in [9.17, 15) is 14.4 Å². The van der Waals surface area contributed by atoms with Crippen molar-refractivity contribution in [2.45, 2.75) is 50.8 Å². The van der Waals surface area contributed by atoms with Crippen molar-refractivity contribution in [1.29, 1.82) is 0 Å². The van der Waals surface area contributed by atoms with Crippen molar-refractivity contribution in [2.75, 3.05) is 12.3 Å². The summed E-state index contributed by atoms with van der Waals surface area (Å²) in [6.07, 6.45) is 2.40. The van der Waals surface area contributed by atoms with Gasteiger partial charge in [-0.25, -0.2) is 9.69 Å². The lowest BCUT2D eigenvalue weighted by Gasteiger charge is -2.30. The molecule has 2 aromatic rings. The predicted octanol–water partition coefficient (Wildman–Crippen LogP) is 3.22. The zero-order chi connectivity index (χ0) is 22.5. The molecule has 0 bridgehead atoms. The van der Waals surface area contributed by atoms with E-state index < -0.39 is 17.6 Å². The fraction of sp³-hybridized carbons (Fsp3) is 0.400. The minimum absolute atomic E-state index is 0.0393. The third-order valence-electron chi connectivity index (χ3n) is 6.99. The second kappa shape index (κ2) is 7.65. The molecule has 0 aromatic heterocycles. The summed E-state index contributed by atoms with van der Waals surface area (Å²) in [5, 5.41) is 0. The highest BCUT2D eigenvalue weighted by Gasteiger charge is 2.58. The molecule has 0 radical (unpaired) electrons. The molecule has 7 nitrogen and oxygen atoms in total. The smallest absolute Gasteiger partial charge is 0.418 e. The first-order valence-corrected chi connectivity index (χ1v) is 11.2. The number of fused-ring (bicyclic) bond motifs is 2. The topological polar surface area (TPSA) is 92.9 Å². The van der Waals surface area contributed by atoms with Gasteiger partial charge in [0.2, 0.25) is 11.5 Å². The highest BCUT2D eigenvalue weighted by molar-refractivity contribution is 6.06. The Morgan fingerprint density at radius 1 is 1.22 bits per heavy atom. The van der Waals surface area contributed by atoms with Crippen LogP contribution in [-0.2, 0) is 32.9 Å². The van der Waals surface area contributed by atoms with Gasteiger partial charge in [0.1, 0.15) is 6.54 Å². The number of nitrogens with zero attached hydrogens (tertiary/aromatic N) is 2. The number of anilines is 1. The molecule has 5 rings (SSSR count). The second-order valence-electron chi connectivity index (χ2n) is 9.09. The average molecular weight is 434 g/mol. The van der Waals surface area contributed by atoms with Gasteiger partial charge in [-0.2, -0.15) is 0 Å². The molecule has 3 amide bonds. The molecule has 2 aliphatic carbocycles. The first-order chi connectivity index (χ1) is 15.4. The van der Waals surface area contributed by atoms with Crippen LogP contribution in [0.4, 0.5) is 10.5 Å². The molecule has 1 aliphatic heterocycles. The number of nitrogen functional groups attached to an aromatic ring is 1. The molecule has 1 heterocycles. The quantitative estimate of drug-likeness (QED) is 0.706. The molecule has 2 N–H and O–H groups in total. The van der Waals surface area contributed by atoms with E-state index in [1.807, 2.05) is 43.3 Å². The fourth-order valence-electron chi connectivity index (χ4n) is 4.95. The van der Waals surface area contributed by atoms with Crippen LogP contribution in [0.3, 0.4) is 0 Å². The maximum absolute atomic E-state index is 13.4. The van der Waals surface area contributed by atoms with Gasteiger partial charge in [-0.3, -0.25) is 9.59 Å². The third-order valence-corrected chi connectivity index (χ3v) is 6.99. The molecule has 1 spiro atoms. The van der Waals surface area contributed by atoms with Crippen LogP contribution in [0.2, 0.25) is 0 Å². The summed E-state index contributed by atoms with van der Waals surface area (Å²) in [6, 6.07) is 15.2. The normalized spacial score (nSPS) is 22.7. The molecular formula is C25H27N3O4. The number of carbonyl (C=O) groups is 3. The average Bonchev–Trinajstić information content (AvgIpc) is 3.54. The van der Waals surface area contributed by atoms with Crippen LogP contribution >= 0.6 is 0 Å². The van der Waals surface area contributed by atoms with E-state index in [0.29, 0.717) is 36.6 Å². The third kappa shape index (κ3) is 3.42. The van der Waals surface area contributed by atoms with Crippen LogP contribution < -0.4 is 5.73 Å². The summed E-state index contributed by atoms with van der Waals surface area (Å²) in [7, 11) is 0. The number of benzene rings is 2. The molecule has 3 aliphatic rings. The van der Waals surface area contributed by atoms with Gasteiger partial charge in [0, 0.05) is 30.3 Å². The van der Waals surface area contributed by atoms with Gasteiger partial charge < -0.3 is 15.4 Å². The summed E-state index contributed by atoms with van der Waals surface area (Å²) in [6.45, 7) is 2.17. The summed E-state index contributed by atoms with van der Waals surface area (Å²) in [4.78, 5) is 42.3. The standard InChI is InChI=1S/C25H27N3O4/c1-16(18-7-8-18)27(14-17-5-3-2-4-6-17)22(29)15-28-23(30)25(32-24(28)31)12-11-19-9-10-20(26)13-21(19)25/h2-6,9-10,13,16,18H,7-8,11-12,14-15,26H2,1H3/t16-,25+/m0/s1. The molecule has 32 heavy (non-hydrogen) atoms. The lowest BCUT2D eigenvalue weighted by Crippen LogP contribution is -2.47. The molecular weight excluding hydrogens is 406 g/mol. The largest absolute Gasteiger partial charge is 0.427 e. The van der Waals surface area contributed by atoms with Crippen molar-refractivity contribution in [3.05, 3.63) is 65.2 Å². The van der Waals surface area contributed by atoms with Crippen molar-refractivity contribution in [1.82, 2.24) is 9.80 Å². The molecule has 1 saturated heterocycles. The number of hydrogen-bond donors (Lipinski definition) is 1. The van der Waals surface area contributed by atoms with E-state index in [1.54, 1.807) is 17.0 Å². The van der Waals surface area contributed by atoms with Crippen LogP contribution in [0.15, 0.2) is 48.5 Å². The molecule has 1 saturated carbocycles. The molecule has 2 atom stereocenters. The summed E-state index contributed by atoms with van der Waals surface area (Å²) >= 11 is 0. The van der Waals surface area contributed by atoms with E-state index >= 15 is 0 Å². The van der Waals surface area contributed by atoms with Gasteiger partial charge >= 0.3 is 6.09 Å². The van der Waals surface area contributed by atoms with Crippen molar-refractivity contribution < 1.29 is 19.1 Å². The second-order valence-corrected chi connectivity index (χ2v) is 9.09. The number of nitrogens with two attached hydrogens (primary N) is 1. The van der Waals surface area contributed by atoms with Crippen molar-refractivity contribution >= 4 is 23.6 Å². The Morgan fingerprint density at radius 3 is 2.69 bits per heavy atom. The fourth-order valence-corrected chi connectivity index (χ4v) is 4.95. The van der Waals surface area contributed by atoms with E-state index in [4.69, 9.17) is 10.5 Å². The Hall–Kier alpha value is -3.35. The van der Waals surface area contributed by atoms with Gasteiger partial charge in [0.05, 0.1) is 0 Å². The molecule has 2 aromatic carbocycles. The first-order valence-electron chi connectivity index (χ1n) is 11.2. The highest BCUT2D eigenvalue weighted by atomic mass is 16.6. The highest BCUT2D eigenvalue weighted by Crippen LogP contribution is 2.46. The van der Waals surface area contributed by atoms with Crippen molar-refractivity contribution in [3.63, 3.8) is 0 Å². The Bertz CT molecular complexity index is 1080. The van der Waals surface area contributed by atoms with Crippen molar-refractivity contribution in [3.8, 4) is 0 Å². The Kier molecular flexibility index (Phi) is 4.92. The zero-order valence-corrected chi connectivity index (χ0v) is 18.1. The van der Waals surface area contributed by atoms with Gasteiger partial charge in [-0.15, -0.1) is 0 Å². The number of hydrogen-bond acceptors (Lipinski definition) is 5. The summed E-state index contributed by atoms with van der Waals surface area (Å²) in [5.41, 5.74) is 7.67. The number of imide groups is 1. The SMILES string of the molecule is C[C@@H](C1CC1)N(Cc1ccccc1)C(=O)CN1C(=O)O[C@@]2(CCc3ccc(N)cc32)C1=O. The molecule has 166 valence electrons. The number of carbonyl (C=O) groups excluding carboxylic acids is 3. The molecule has 0 unspecified atom stereocenters. The van der Waals surface area contributed by atoms with Crippen LogP contribution in [0, 0.1) is 5.92 Å². The lowest BCUT2D eigenvalue weighted by molar-refractivity contribution is -0.143. The van der Waals surface area contributed by atoms with Crippen LogP contribution in [0.25, 0.3) is 0 Å². The van der Waals surface area contributed by atoms with E-state index in [1.165, 1.54) is 0 Å². The monoisotopic (exact) mass is 433 g/mol. The van der Waals surface area contributed by atoms with Gasteiger partial charge in [-0.05, 0) is 55.4 Å². The van der Waals surface area contributed by atoms with Crippen LogP contribution in [0.5, 0.6) is 0 Å². The van der Waals surface area contributed by atoms with E-state index in [-0.39, 0.29) is 18.5 Å². The van der Waals surface area contributed by atoms with Crippen LogP contribution in [0.1, 0.15) is 42.9 Å². The minimum Gasteiger partial charge on any atom is -0.427 e. The maximum atomic E-state index is 13.4. The maximum Gasteiger partial charge on any atom is 0.418 e. The van der Waals surface area contributed by atoms with Gasteiger partial charge in [0.15, 0.2) is 0 Å². The predicted molar refractivity (Wildman–Crippen MR) is 118 cm³/mol. The first kappa shape index (κ1) is 20.5. The minimum atomic E-state index is -1.37. The van der Waals surface area contributed by atoms with Crippen molar-refractivity contribution in [2.24, 2.45) is 5.92 Å². The summed E-state index contributed by atoms with van der Waals surface area (Å²) in [5.74, 6) is -0.264. The number of amides is 3. The lowest BCUT2D eigenvalue weighted by atomic mass is 9.94. The number of ether oxygens (including phenoxy) is 1. The number of aryl methyl sites for hydroxylation is 1. The van der Waals surface area contributed by atoms with Gasteiger partial charge in [-0.1, -0.05) is 36.4 Å². The molecule has 7 heteroatoms. The Labute approximate surface area is 187 Å². The van der Waals surface area contributed by atoms with E-state index in [2.05, 4.69) is 0 Å². The number of rotatable bonds is 6. The Morgan fingerprint density at radius 2 is 1.97 bits per heavy atom. The van der Waals surface area contributed by atoms with Crippen LogP contribution in [-0.4, -0.2) is 40.3 Å². The van der Waals surface area contributed by atoms with E-state index in [0.717, 1.165) is 28.9 Å². The molecule has 2 fully saturated rings. The van der Waals surface area contributed by atoms with Gasteiger partial charge in [0.25, 0.3) is 5.91 Å². The Balaban J connectivity index is 1.38.